The molecule has 1 amide bonds. The summed E-state index contributed by atoms with van der Waals surface area (Å²) in [6.45, 7) is 7.28. The molecule has 0 radical (unpaired) electrons. The first-order valence-electron chi connectivity index (χ1n) is 6.85. The molecule has 1 aromatic rings. The fraction of sp³-hybridized carbons (Fsp3) is 0.533. The van der Waals surface area contributed by atoms with E-state index in [9.17, 15) is 4.79 Å². The summed E-state index contributed by atoms with van der Waals surface area (Å²) < 4.78 is 1.000. The summed E-state index contributed by atoms with van der Waals surface area (Å²) in [6, 6.07) is 6.05. The third-order valence-electron chi connectivity index (χ3n) is 3.14. The Morgan fingerprint density at radius 3 is 2.70 bits per heavy atom. The lowest BCUT2D eigenvalue weighted by Crippen LogP contribution is -2.39. The van der Waals surface area contributed by atoms with Crippen LogP contribution in [0.2, 0.25) is 0 Å². The van der Waals surface area contributed by atoms with Crippen molar-refractivity contribution in [2.45, 2.75) is 33.2 Å². The van der Waals surface area contributed by atoms with Gasteiger partial charge in [0.15, 0.2) is 0 Å². The first-order valence-corrected chi connectivity index (χ1v) is 7.64. The topological polar surface area (TPSA) is 52.6 Å². The predicted molar refractivity (Wildman–Crippen MR) is 85.9 cm³/mol. The zero-order valence-electron chi connectivity index (χ0n) is 12.3. The number of anilines is 1. The van der Waals surface area contributed by atoms with E-state index < -0.39 is 0 Å². The number of benzene rings is 1. The molecule has 2 N–H and O–H groups in total. The van der Waals surface area contributed by atoms with E-state index in [4.69, 9.17) is 5.11 Å². The summed E-state index contributed by atoms with van der Waals surface area (Å²) >= 11 is 3.41. The number of amides is 1. The van der Waals surface area contributed by atoms with E-state index in [-0.39, 0.29) is 18.6 Å². The number of carbonyl (C=O) groups is 1. The number of aliphatic hydroxyl groups is 1. The normalized spacial score (nSPS) is 11.2. The number of carbonyl (C=O) groups excluding carboxylic acids is 1. The lowest BCUT2D eigenvalue weighted by Gasteiger charge is -2.25. The van der Waals surface area contributed by atoms with Gasteiger partial charge >= 0.3 is 0 Å². The Hall–Kier alpha value is -0.910. The summed E-state index contributed by atoms with van der Waals surface area (Å²) in [5.41, 5.74) is 1.86. The van der Waals surface area contributed by atoms with Crippen LogP contribution in [-0.2, 0) is 4.79 Å². The van der Waals surface area contributed by atoms with Crippen molar-refractivity contribution in [1.29, 1.82) is 0 Å². The maximum atomic E-state index is 12.1. The second-order valence-electron chi connectivity index (χ2n) is 5.15. The maximum Gasteiger partial charge on any atom is 0.238 e. The van der Waals surface area contributed by atoms with E-state index in [0.29, 0.717) is 13.0 Å². The molecule has 0 atom stereocenters. The number of halogens is 1. The van der Waals surface area contributed by atoms with Gasteiger partial charge in [0.25, 0.3) is 0 Å². The molecular weight excluding hydrogens is 320 g/mol. The molecule has 1 aromatic carbocycles. The van der Waals surface area contributed by atoms with Gasteiger partial charge in [-0.15, -0.1) is 0 Å². The molecule has 0 aliphatic carbocycles. The largest absolute Gasteiger partial charge is 0.396 e. The van der Waals surface area contributed by atoms with E-state index in [2.05, 4.69) is 40.0 Å². The quantitative estimate of drug-likeness (QED) is 0.801. The number of hydrogen-bond acceptors (Lipinski definition) is 3. The molecule has 0 aromatic heterocycles. The van der Waals surface area contributed by atoms with Gasteiger partial charge in [-0.3, -0.25) is 9.69 Å². The fourth-order valence-corrected chi connectivity index (χ4v) is 2.41. The van der Waals surface area contributed by atoms with Crippen molar-refractivity contribution in [2.24, 2.45) is 0 Å². The first-order chi connectivity index (χ1) is 9.43. The number of hydrogen-bond donors (Lipinski definition) is 2. The SMILES string of the molecule is Cc1cc(Br)ccc1NC(=O)CN(CCCO)C(C)C. The van der Waals surface area contributed by atoms with Crippen molar-refractivity contribution >= 4 is 27.5 Å². The highest BCUT2D eigenvalue weighted by Gasteiger charge is 2.14. The summed E-state index contributed by atoms with van der Waals surface area (Å²) in [4.78, 5) is 14.2. The van der Waals surface area contributed by atoms with Crippen molar-refractivity contribution in [3.63, 3.8) is 0 Å². The number of aryl methyl sites for hydroxylation is 1. The minimum atomic E-state index is -0.0259. The molecule has 0 heterocycles. The van der Waals surface area contributed by atoms with Gasteiger partial charge in [0.2, 0.25) is 5.91 Å². The van der Waals surface area contributed by atoms with Crippen LogP contribution in [0.4, 0.5) is 5.69 Å². The Bertz CT molecular complexity index is 449. The van der Waals surface area contributed by atoms with Gasteiger partial charge in [-0.1, -0.05) is 15.9 Å². The molecular formula is C15H23BrN2O2. The number of rotatable bonds is 7. The molecule has 0 unspecified atom stereocenters. The minimum Gasteiger partial charge on any atom is -0.396 e. The molecule has 0 aliphatic rings. The summed E-state index contributed by atoms with van der Waals surface area (Å²) in [6.07, 6.45) is 0.683. The molecule has 0 spiro atoms. The van der Waals surface area contributed by atoms with Gasteiger partial charge in [-0.2, -0.15) is 0 Å². The molecule has 0 aliphatic heterocycles. The van der Waals surface area contributed by atoms with Gasteiger partial charge in [-0.05, 0) is 51.0 Å². The van der Waals surface area contributed by atoms with Crippen LogP contribution >= 0.6 is 15.9 Å². The monoisotopic (exact) mass is 342 g/mol. The van der Waals surface area contributed by atoms with Crippen molar-refractivity contribution < 1.29 is 9.90 Å². The summed E-state index contributed by atoms with van der Waals surface area (Å²) in [5.74, 6) is -0.0259. The lowest BCUT2D eigenvalue weighted by molar-refractivity contribution is -0.117. The van der Waals surface area contributed by atoms with Crippen LogP contribution in [0.3, 0.4) is 0 Å². The molecule has 5 heteroatoms. The number of aliphatic hydroxyl groups excluding tert-OH is 1. The van der Waals surface area contributed by atoms with Gasteiger partial charge in [0.05, 0.1) is 6.54 Å². The molecule has 4 nitrogen and oxygen atoms in total. The Labute approximate surface area is 129 Å². The zero-order chi connectivity index (χ0) is 15.1. The van der Waals surface area contributed by atoms with Crippen LogP contribution in [0.5, 0.6) is 0 Å². The average Bonchev–Trinajstić information content (AvgIpc) is 2.37. The molecule has 0 bridgehead atoms. The first kappa shape index (κ1) is 17.1. The minimum absolute atomic E-state index is 0.0259. The van der Waals surface area contributed by atoms with E-state index in [1.807, 2.05) is 25.1 Å². The predicted octanol–water partition coefficient (Wildman–Crippen LogP) is 2.79. The Morgan fingerprint density at radius 1 is 1.45 bits per heavy atom. The van der Waals surface area contributed by atoms with Crippen molar-refractivity contribution in [3.05, 3.63) is 28.2 Å². The smallest absolute Gasteiger partial charge is 0.238 e. The second-order valence-corrected chi connectivity index (χ2v) is 6.06. The summed E-state index contributed by atoms with van der Waals surface area (Å²) in [5, 5.41) is 11.8. The molecule has 0 saturated carbocycles. The van der Waals surface area contributed by atoms with Crippen molar-refractivity contribution in [1.82, 2.24) is 4.90 Å². The van der Waals surface area contributed by atoms with E-state index in [1.54, 1.807) is 0 Å². The van der Waals surface area contributed by atoms with Crippen LogP contribution in [0.25, 0.3) is 0 Å². The van der Waals surface area contributed by atoms with Gasteiger partial charge in [-0.25, -0.2) is 0 Å². The molecule has 0 fully saturated rings. The Kier molecular flexibility index (Phi) is 7.19. The van der Waals surface area contributed by atoms with Crippen LogP contribution in [-0.4, -0.2) is 41.7 Å². The third-order valence-corrected chi connectivity index (χ3v) is 3.64. The van der Waals surface area contributed by atoms with Crippen LogP contribution in [0.15, 0.2) is 22.7 Å². The standard InChI is InChI=1S/C15H23BrN2O2/c1-11(2)18(7-4-8-19)10-15(20)17-14-6-5-13(16)9-12(14)3/h5-6,9,11,19H,4,7-8,10H2,1-3H3,(H,17,20). The van der Waals surface area contributed by atoms with E-state index >= 15 is 0 Å². The van der Waals surface area contributed by atoms with Crippen LogP contribution in [0, 0.1) is 6.92 Å². The van der Waals surface area contributed by atoms with Crippen LogP contribution < -0.4 is 5.32 Å². The number of nitrogens with zero attached hydrogens (tertiary/aromatic N) is 1. The van der Waals surface area contributed by atoms with E-state index in [0.717, 1.165) is 22.3 Å². The maximum absolute atomic E-state index is 12.1. The Morgan fingerprint density at radius 2 is 2.15 bits per heavy atom. The van der Waals surface area contributed by atoms with Gasteiger partial charge in [0, 0.05) is 29.4 Å². The van der Waals surface area contributed by atoms with Gasteiger partial charge < -0.3 is 10.4 Å². The fourth-order valence-electron chi connectivity index (χ4n) is 1.94. The lowest BCUT2D eigenvalue weighted by atomic mass is 10.2. The molecule has 20 heavy (non-hydrogen) atoms. The molecule has 0 saturated heterocycles. The third kappa shape index (κ3) is 5.61. The number of nitrogens with one attached hydrogen (secondary N) is 1. The zero-order valence-corrected chi connectivity index (χ0v) is 13.9. The Balaban J connectivity index is 2.61. The van der Waals surface area contributed by atoms with Crippen LogP contribution in [0.1, 0.15) is 25.8 Å². The average molecular weight is 343 g/mol. The highest BCUT2D eigenvalue weighted by atomic mass is 79.9. The molecule has 112 valence electrons. The van der Waals surface area contributed by atoms with Crippen molar-refractivity contribution in [3.8, 4) is 0 Å². The molecule has 1 rings (SSSR count). The van der Waals surface area contributed by atoms with Gasteiger partial charge in [0.1, 0.15) is 0 Å². The van der Waals surface area contributed by atoms with E-state index in [1.165, 1.54) is 0 Å². The highest BCUT2D eigenvalue weighted by Crippen LogP contribution is 2.20. The van der Waals surface area contributed by atoms with Crippen molar-refractivity contribution in [2.75, 3.05) is 25.0 Å². The summed E-state index contributed by atoms with van der Waals surface area (Å²) in [7, 11) is 0. The second kappa shape index (κ2) is 8.39. The highest BCUT2D eigenvalue weighted by molar-refractivity contribution is 9.10.